The smallest absolute Gasteiger partial charge is 0.230 e. The van der Waals surface area contributed by atoms with Gasteiger partial charge in [0, 0.05) is 44.8 Å². The fraction of sp³-hybridized carbons (Fsp3) is 0.647. The summed E-state index contributed by atoms with van der Waals surface area (Å²) in [5.41, 5.74) is 0.731. The van der Waals surface area contributed by atoms with E-state index in [9.17, 15) is 8.42 Å². The molecule has 1 aliphatic carbocycles. The van der Waals surface area contributed by atoms with E-state index in [1.165, 1.54) is 4.52 Å². The van der Waals surface area contributed by atoms with E-state index in [1.807, 2.05) is 6.07 Å². The fourth-order valence-electron chi connectivity index (χ4n) is 3.71. The average molecular weight is 420 g/mol. The van der Waals surface area contributed by atoms with E-state index in [4.69, 9.17) is 5.26 Å². The van der Waals surface area contributed by atoms with Gasteiger partial charge in [0.05, 0.1) is 5.75 Å². The molecule has 0 aromatic carbocycles. The SMILES string of the molecule is N#Cc1cc2nc(N3CCNCC3)nc(NCCS(=O)(=O)NC3CCCC3)n2n1. The lowest BCUT2D eigenvalue weighted by Crippen LogP contribution is -2.44. The summed E-state index contributed by atoms with van der Waals surface area (Å²) in [4.78, 5) is 11.1. The third-order valence-electron chi connectivity index (χ3n) is 5.18. The van der Waals surface area contributed by atoms with Gasteiger partial charge in [-0.3, -0.25) is 0 Å². The first-order chi connectivity index (χ1) is 14.0. The Morgan fingerprint density at radius 1 is 1.24 bits per heavy atom. The Balaban J connectivity index is 1.50. The van der Waals surface area contributed by atoms with Crippen LogP contribution in [-0.4, -0.2) is 72.5 Å². The lowest BCUT2D eigenvalue weighted by molar-refractivity contribution is 0.552. The predicted octanol–water partition coefficient (Wildman–Crippen LogP) is -0.321. The summed E-state index contributed by atoms with van der Waals surface area (Å²) in [6.07, 6.45) is 3.94. The molecule has 11 nitrogen and oxygen atoms in total. The van der Waals surface area contributed by atoms with Crippen LogP contribution >= 0.6 is 0 Å². The number of hydrogen-bond acceptors (Lipinski definition) is 9. The first-order valence-electron chi connectivity index (χ1n) is 9.91. The summed E-state index contributed by atoms with van der Waals surface area (Å²) in [7, 11) is -3.38. The van der Waals surface area contributed by atoms with E-state index >= 15 is 0 Å². The standard InChI is InChI=1S/C17H25N9O2S/c18-12-14-11-15-21-17(25-8-5-19-6-9-25)22-16(26(15)23-14)20-7-10-29(27,28)24-13-3-1-2-4-13/h11,13,19,24H,1-10H2,(H,20,21,22). The first kappa shape index (κ1) is 19.8. The average Bonchev–Trinajstić information content (AvgIpc) is 3.37. The maximum atomic E-state index is 12.3. The Bertz CT molecular complexity index is 1000. The zero-order valence-corrected chi connectivity index (χ0v) is 17.0. The Labute approximate surface area is 169 Å². The van der Waals surface area contributed by atoms with Crippen LogP contribution in [0, 0.1) is 11.3 Å². The number of nitrogens with one attached hydrogen (secondary N) is 3. The molecule has 4 rings (SSSR count). The Morgan fingerprint density at radius 2 is 2.00 bits per heavy atom. The molecular formula is C17H25N9O2S. The van der Waals surface area contributed by atoms with E-state index in [1.54, 1.807) is 6.07 Å². The van der Waals surface area contributed by atoms with Crippen LogP contribution in [0.1, 0.15) is 31.4 Å². The second-order valence-corrected chi connectivity index (χ2v) is 9.21. The van der Waals surface area contributed by atoms with Crippen LogP contribution in [0.3, 0.4) is 0 Å². The molecule has 2 fully saturated rings. The minimum absolute atomic E-state index is 0.0503. The molecule has 12 heteroatoms. The van der Waals surface area contributed by atoms with Gasteiger partial charge in [-0.05, 0) is 12.8 Å². The third kappa shape index (κ3) is 4.75. The Hall–Kier alpha value is -2.49. The number of sulfonamides is 1. The topological polar surface area (TPSA) is 140 Å². The summed E-state index contributed by atoms with van der Waals surface area (Å²) in [6, 6.07) is 3.65. The summed E-state index contributed by atoms with van der Waals surface area (Å²) >= 11 is 0. The molecule has 29 heavy (non-hydrogen) atoms. The first-order valence-corrected chi connectivity index (χ1v) is 11.6. The number of aromatic nitrogens is 4. The van der Waals surface area contributed by atoms with Gasteiger partial charge in [0.25, 0.3) is 0 Å². The van der Waals surface area contributed by atoms with Crippen molar-refractivity contribution in [2.24, 2.45) is 0 Å². The van der Waals surface area contributed by atoms with Gasteiger partial charge in [-0.15, -0.1) is 0 Å². The van der Waals surface area contributed by atoms with E-state index in [0.29, 0.717) is 17.5 Å². The Morgan fingerprint density at radius 3 is 2.72 bits per heavy atom. The molecule has 0 amide bonds. The summed E-state index contributed by atoms with van der Waals surface area (Å²) in [5, 5.41) is 19.7. The van der Waals surface area contributed by atoms with Gasteiger partial charge in [-0.2, -0.15) is 24.8 Å². The number of nitriles is 1. The van der Waals surface area contributed by atoms with Gasteiger partial charge in [-0.1, -0.05) is 12.8 Å². The van der Waals surface area contributed by atoms with Crippen LogP contribution in [0.5, 0.6) is 0 Å². The maximum absolute atomic E-state index is 12.3. The molecule has 2 aromatic rings. The van der Waals surface area contributed by atoms with Gasteiger partial charge in [0.1, 0.15) is 6.07 Å². The van der Waals surface area contributed by atoms with E-state index in [2.05, 4.69) is 35.3 Å². The van der Waals surface area contributed by atoms with Crippen LogP contribution in [0.15, 0.2) is 6.07 Å². The largest absolute Gasteiger partial charge is 0.353 e. The minimum atomic E-state index is -3.38. The van der Waals surface area contributed by atoms with Gasteiger partial charge in [0.2, 0.25) is 21.9 Å². The summed E-state index contributed by atoms with van der Waals surface area (Å²) < 4.78 is 28.9. The van der Waals surface area contributed by atoms with E-state index in [0.717, 1.165) is 51.9 Å². The van der Waals surface area contributed by atoms with Crippen molar-refractivity contribution >= 4 is 27.6 Å². The zero-order chi connectivity index (χ0) is 20.3. The van der Waals surface area contributed by atoms with Crippen LogP contribution in [0.25, 0.3) is 5.65 Å². The monoisotopic (exact) mass is 419 g/mol. The number of nitrogens with zero attached hydrogens (tertiary/aromatic N) is 6. The van der Waals surface area contributed by atoms with Crippen LogP contribution in [0.4, 0.5) is 11.9 Å². The second-order valence-electron chi connectivity index (χ2n) is 7.34. The van der Waals surface area contributed by atoms with Crippen LogP contribution < -0.4 is 20.3 Å². The maximum Gasteiger partial charge on any atom is 0.230 e. The quantitative estimate of drug-likeness (QED) is 0.550. The normalized spacial score (nSPS) is 18.2. The van der Waals surface area contributed by atoms with Crippen molar-refractivity contribution in [3.05, 3.63) is 11.8 Å². The van der Waals surface area contributed by atoms with Crippen molar-refractivity contribution in [2.75, 3.05) is 48.7 Å². The highest BCUT2D eigenvalue weighted by atomic mass is 32.2. The van der Waals surface area contributed by atoms with Crippen molar-refractivity contribution in [2.45, 2.75) is 31.7 Å². The molecule has 156 valence electrons. The van der Waals surface area contributed by atoms with Crippen molar-refractivity contribution in [1.29, 1.82) is 5.26 Å². The van der Waals surface area contributed by atoms with Crippen molar-refractivity contribution < 1.29 is 8.42 Å². The molecule has 0 spiro atoms. The molecule has 2 aromatic heterocycles. The number of piperazine rings is 1. The van der Waals surface area contributed by atoms with Gasteiger partial charge >= 0.3 is 0 Å². The molecular weight excluding hydrogens is 394 g/mol. The minimum Gasteiger partial charge on any atom is -0.353 e. The van der Waals surface area contributed by atoms with Crippen molar-refractivity contribution in [1.82, 2.24) is 29.6 Å². The predicted molar refractivity (Wildman–Crippen MR) is 108 cm³/mol. The molecule has 1 saturated heterocycles. The Kier molecular flexibility index (Phi) is 5.79. The molecule has 2 aliphatic rings. The molecule has 3 N–H and O–H groups in total. The fourth-order valence-corrected chi connectivity index (χ4v) is 4.94. The number of rotatable bonds is 7. The molecule has 0 unspecified atom stereocenters. The summed E-state index contributed by atoms with van der Waals surface area (Å²) in [5.74, 6) is 0.851. The lowest BCUT2D eigenvalue weighted by Gasteiger charge is -2.27. The van der Waals surface area contributed by atoms with Gasteiger partial charge in [-0.25, -0.2) is 13.1 Å². The number of fused-ring (bicyclic) bond motifs is 1. The number of anilines is 2. The van der Waals surface area contributed by atoms with Gasteiger partial charge in [0.15, 0.2) is 11.3 Å². The third-order valence-corrected chi connectivity index (χ3v) is 6.62. The molecule has 0 bridgehead atoms. The molecule has 1 aliphatic heterocycles. The van der Waals surface area contributed by atoms with Gasteiger partial charge < -0.3 is 15.5 Å². The number of hydrogen-bond donors (Lipinski definition) is 3. The van der Waals surface area contributed by atoms with Crippen LogP contribution in [0.2, 0.25) is 0 Å². The molecule has 0 atom stereocenters. The second kappa shape index (κ2) is 8.48. The highest BCUT2D eigenvalue weighted by molar-refractivity contribution is 7.89. The van der Waals surface area contributed by atoms with E-state index in [-0.39, 0.29) is 24.0 Å². The van der Waals surface area contributed by atoms with Crippen molar-refractivity contribution in [3.63, 3.8) is 0 Å². The zero-order valence-electron chi connectivity index (χ0n) is 16.1. The summed E-state index contributed by atoms with van der Waals surface area (Å²) in [6.45, 7) is 3.40. The lowest BCUT2D eigenvalue weighted by atomic mass is 10.3. The van der Waals surface area contributed by atoms with E-state index < -0.39 is 10.0 Å². The highest BCUT2D eigenvalue weighted by Gasteiger charge is 2.22. The molecule has 0 radical (unpaired) electrons. The van der Waals surface area contributed by atoms with Crippen molar-refractivity contribution in [3.8, 4) is 6.07 Å². The highest BCUT2D eigenvalue weighted by Crippen LogP contribution is 2.19. The molecule has 3 heterocycles. The van der Waals surface area contributed by atoms with Crippen LogP contribution in [-0.2, 0) is 10.0 Å². The molecule has 1 saturated carbocycles.